The quantitative estimate of drug-likeness (QED) is 0.569. The first-order valence-corrected chi connectivity index (χ1v) is 3.71. The molecular formula is C9H9NO3. The van der Waals surface area contributed by atoms with Gasteiger partial charge >= 0.3 is 0 Å². The third-order valence-corrected chi connectivity index (χ3v) is 1.82. The third-order valence-electron chi connectivity index (χ3n) is 1.82. The van der Waals surface area contributed by atoms with Gasteiger partial charge in [0.15, 0.2) is 11.5 Å². The summed E-state index contributed by atoms with van der Waals surface area (Å²) in [6.07, 6.45) is 0. The number of rotatable bonds is 1. The van der Waals surface area contributed by atoms with E-state index in [0.717, 1.165) is 0 Å². The maximum Gasteiger partial charge on any atom is 0.200 e. The molecule has 0 saturated heterocycles. The highest BCUT2D eigenvalue weighted by molar-refractivity contribution is 5.54. The zero-order valence-electron chi connectivity index (χ0n) is 7.02. The van der Waals surface area contributed by atoms with Crippen molar-refractivity contribution < 1.29 is 15.3 Å². The van der Waals surface area contributed by atoms with Gasteiger partial charge in [-0.3, -0.25) is 0 Å². The van der Waals surface area contributed by atoms with E-state index in [4.69, 9.17) is 15.5 Å². The molecule has 1 aromatic rings. The number of benzene rings is 1. The second kappa shape index (κ2) is 3.23. The third kappa shape index (κ3) is 1.49. The Morgan fingerprint density at radius 2 is 1.85 bits per heavy atom. The molecule has 0 spiro atoms. The van der Waals surface area contributed by atoms with E-state index >= 15 is 0 Å². The van der Waals surface area contributed by atoms with Crippen LogP contribution in [0.4, 0.5) is 0 Å². The molecule has 13 heavy (non-hydrogen) atoms. The largest absolute Gasteiger partial charge is 0.504 e. The summed E-state index contributed by atoms with van der Waals surface area (Å²) in [7, 11) is 0. The Hall–Kier alpha value is -1.89. The summed E-state index contributed by atoms with van der Waals surface area (Å²) in [5.41, 5.74) is 0.304. The number of nitriles is 1. The zero-order valence-corrected chi connectivity index (χ0v) is 7.02. The van der Waals surface area contributed by atoms with E-state index in [1.807, 2.05) is 6.07 Å². The smallest absolute Gasteiger partial charge is 0.200 e. The molecule has 1 aromatic carbocycles. The van der Waals surface area contributed by atoms with Gasteiger partial charge in [-0.05, 0) is 13.0 Å². The molecule has 3 N–H and O–H groups in total. The molecule has 0 fully saturated rings. The standard InChI is InChI=1S/C9H9NO3/c1-5(4-10)6-2-3-7(11)9(13)8(6)12/h2-3,5,11-13H,1H3. The van der Waals surface area contributed by atoms with Crippen molar-refractivity contribution in [1.82, 2.24) is 0 Å². The Balaban J connectivity index is 3.28. The van der Waals surface area contributed by atoms with Crippen LogP contribution in [0.5, 0.6) is 17.2 Å². The van der Waals surface area contributed by atoms with Gasteiger partial charge in [0.25, 0.3) is 0 Å². The molecule has 1 unspecified atom stereocenters. The molecule has 0 aromatic heterocycles. The van der Waals surface area contributed by atoms with Crippen molar-refractivity contribution in [2.75, 3.05) is 0 Å². The maximum atomic E-state index is 9.32. The van der Waals surface area contributed by atoms with Crippen molar-refractivity contribution in [2.24, 2.45) is 0 Å². The number of phenolic OH excluding ortho intramolecular Hbond substituents is 3. The zero-order chi connectivity index (χ0) is 10.0. The van der Waals surface area contributed by atoms with E-state index in [-0.39, 0.29) is 0 Å². The topological polar surface area (TPSA) is 84.5 Å². The summed E-state index contributed by atoms with van der Waals surface area (Å²) in [4.78, 5) is 0. The van der Waals surface area contributed by atoms with Gasteiger partial charge in [-0.1, -0.05) is 6.07 Å². The van der Waals surface area contributed by atoms with Crippen molar-refractivity contribution in [1.29, 1.82) is 5.26 Å². The van der Waals surface area contributed by atoms with Gasteiger partial charge in [-0.15, -0.1) is 0 Å². The Bertz CT molecular complexity index is 368. The summed E-state index contributed by atoms with van der Waals surface area (Å²) >= 11 is 0. The lowest BCUT2D eigenvalue weighted by molar-refractivity contribution is 0.364. The first-order chi connectivity index (χ1) is 6.07. The number of phenols is 3. The van der Waals surface area contributed by atoms with Crippen LogP contribution in [0.15, 0.2) is 12.1 Å². The van der Waals surface area contributed by atoms with E-state index in [1.54, 1.807) is 6.92 Å². The molecule has 0 heterocycles. The van der Waals surface area contributed by atoms with Crippen LogP contribution in [0.25, 0.3) is 0 Å². The fraction of sp³-hybridized carbons (Fsp3) is 0.222. The number of hydrogen-bond donors (Lipinski definition) is 3. The molecule has 0 bridgehead atoms. The van der Waals surface area contributed by atoms with Crippen LogP contribution in [-0.4, -0.2) is 15.3 Å². The van der Waals surface area contributed by atoms with Gasteiger partial charge in [0.05, 0.1) is 12.0 Å². The first kappa shape index (κ1) is 9.20. The van der Waals surface area contributed by atoms with Gasteiger partial charge in [-0.2, -0.15) is 5.26 Å². The van der Waals surface area contributed by atoms with Gasteiger partial charge < -0.3 is 15.3 Å². The van der Waals surface area contributed by atoms with Crippen LogP contribution >= 0.6 is 0 Å². The van der Waals surface area contributed by atoms with Crippen molar-refractivity contribution in [2.45, 2.75) is 12.8 Å². The minimum Gasteiger partial charge on any atom is -0.504 e. The maximum absolute atomic E-state index is 9.32. The highest BCUT2D eigenvalue weighted by atomic mass is 16.3. The molecule has 0 aliphatic carbocycles. The Labute approximate surface area is 75.3 Å². The van der Waals surface area contributed by atoms with Crippen LogP contribution in [-0.2, 0) is 0 Å². The second-order valence-electron chi connectivity index (χ2n) is 2.72. The minimum atomic E-state index is -0.584. The van der Waals surface area contributed by atoms with Gasteiger partial charge in [0.1, 0.15) is 0 Å². The van der Waals surface area contributed by atoms with Crippen LogP contribution in [0.3, 0.4) is 0 Å². The fourth-order valence-electron chi connectivity index (χ4n) is 1.00. The van der Waals surface area contributed by atoms with Crippen molar-refractivity contribution in [3.05, 3.63) is 17.7 Å². The summed E-state index contributed by atoms with van der Waals surface area (Å²) in [6.45, 7) is 1.59. The molecule has 0 aliphatic heterocycles. The molecule has 0 aliphatic rings. The summed E-state index contributed by atoms with van der Waals surface area (Å²) < 4.78 is 0. The van der Waals surface area contributed by atoms with E-state index in [0.29, 0.717) is 5.56 Å². The van der Waals surface area contributed by atoms with Gasteiger partial charge in [0.2, 0.25) is 5.75 Å². The van der Waals surface area contributed by atoms with Crippen LogP contribution in [0.2, 0.25) is 0 Å². The average molecular weight is 179 g/mol. The molecule has 0 radical (unpaired) electrons. The van der Waals surface area contributed by atoms with E-state index in [1.165, 1.54) is 12.1 Å². The van der Waals surface area contributed by atoms with E-state index < -0.39 is 23.2 Å². The lowest BCUT2D eigenvalue weighted by Gasteiger charge is -2.08. The van der Waals surface area contributed by atoms with Crippen LogP contribution < -0.4 is 0 Å². The Morgan fingerprint density at radius 1 is 1.23 bits per heavy atom. The van der Waals surface area contributed by atoms with Crippen LogP contribution in [0.1, 0.15) is 18.4 Å². The molecule has 4 nitrogen and oxygen atoms in total. The molecule has 68 valence electrons. The van der Waals surface area contributed by atoms with Crippen LogP contribution in [0, 0.1) is 11.3 Å². The lowest BCUT2D eigenvalue weighted by Crippen LogP contribution is -1.90. The van der Waals surface area contributed by atoms with Crippen molar-refractivity contribution in [3.8, 4) is 23.3 Å². The SMILES string of the molecule is CC(C#N)c1ccc(O)c(O)c1O. The van der Waals surface area contributed by atoms with Crippen molar-refractivity contribution in [3.63, 3.8) is 0 Å². The lowest BCUT2D eigenvalue weighted by atomic mass is 10.0. The molecule has 1 rings (SSSR count). The Kier molecular flexibility index (Phi) is 2.29. The molecule has 4 heteroatoms. The molecule has 1 atom stereocenters. The van der Waals surface area contributed by atoms with Gasteiger partial charge in [0, 0.05) is 5.56 Å². The van der Waals surface area contributed by atoms with E-state index in [9.17, 15) is 5.11 Å². The molecular weight excluding hydrogens is 170 g/mol. The number of nitrogens with zero attached hydrogens (tertiary/aromatic N) is 1. The highest BCUT2D eigenvalue weighted by Gasteiger charge is 2.15. The number of aromatic hydroxyl groups is 3. The summed E-state index contributed by atoms with van der Waals surface area (Å²) in [5, 5.41) is 36.0. The minimum absolute atomic E-state index is 0.304. The average Bonchev–Trinajstić information content (AvgIpc) is 2.13. The summed E-state index contributed by atoms with van der Waals surface area (Å²) in [5.74, 6) is -1.94. The summed E-state index contributed by atoms with van der Waals surface area (Å²) in [6, 6.07) is 4.55. The van der Waals surface area contributed by atoms with E-state index in [2.05, 4.69) is 0 Å². The highest BCUT2D eigenvalue weighted by Crippen LogP contribution is 2.39. The first-order valence-electron chi connectivity index (χ1n) is 3.71. The fourth-order valence-corrected chi connectivity index (χ4v) is 1.00. The molecule has 0 amide bonds. The Morgan fingerprint density at radius 3 is 2.38 bits per heavy atom. The second-order valence-corrected chi connectivity index (χ2v) is 2.72. The van der Waals surface area contributed by atoms with Gasteiger partial charge in [-0.25, -0.2) is 0 Å². The predicted molar refractivity (Wildman–Crippen MR) is 45.5 cm³/mol. The number of hydrogen-bond acceptors (Lipinski definition) is 4. The molecule has 0 saturated carbocycles. The van der Waals surface area contributed by atoms with Crippen molar-refractivity contribution >= 4 is 0 Å². The monoisotopic (exact) mass is 179 g/mol. The normalized spacial score (nSPS) is 12.0. The predicted octanol–water partition coefficient (Wildman–Crippen LogP) is 1.43.